The van der Waals surface area contributed by atoms with Crippen LogP contribution in [0.1, 0.15) is 41.6 Å². The number of aryl methyl sites for hydroxylation is 1. The van der Waals surface area contributed by atoms with Crippen molar-refractivity contribution in [2.75, 3.05) is 32.2 Å². The molecule has 4 aromatic rings. The van der Waals surface area contributed by atoms with Gasteiger partial charge in [0.25, 0.3) is 5.91 Å². The third-order valence-corrected chi connectivity index (χ3v) is 7.53. The van der Waals surface area contributed by atoms with Gasteiger partial charge in [-0.15, -0.1) is 5.10 Å². The van der Waals surface area contributed by atoms with E-state index >= 15 is 4.39 Å². The van der Waals surface area contributed by atoms with Crippen LogP contribution in [0.3, 0.4) is 0 Å². The van der Waals surface area contributed by atoms with Crippen molar-refractivity contribution in [1.82, 2.24) is 19.9 Å². The first kappa shape index (κ1) is 26.9. The molecule has 6 rings (SSSR count). The number of halogens is 2. The Kier molecular flexibility index (Phi) is 7.44. The quantitative estimate of drug-likeness (QED) is 0.277. The second kappa shape index (κ2) is 11.3. The molecule has 1 aliphatic carbocycles. The Balaban J connectivity index is 1.46. The number of amides is 1. The van der Waals surface area contributed by atoms with Crippen molar-refractivity contribution in [2.24, 2.45) is 5.92 Å². The van der Waals surface area contributed by atoms with E-state index in [1.807, 2.05) is 19.1 Å². The van der Waals surface area contributed by atoms with Gasteiger partial charge >= 0.3 is 0 Å². The maximum Gasteiger partial charge on any atom is 0.251 e. The third kappa shape index (κ3) is 5.54. The summed E-state index contributed by atoms with van der Waals surface area (Å²) in [5, 5.41) is 11.2. The van der Waals surface area contributed by atoms with Gasteiger partial charge in [-0.2, -0.15) is 8.78 Å². The van der Waals surface area contributed by atoms with Gasteiger partial charge in [-0.3, -0.25) is 4.79 Å². The molecule has 9 nitrogen and oxygen atoms in total. The molecule has 0 radical (unpaired) electrons. The number of nitrogens with zero attached hydrogens (tertiary/aromatic N) is 3. The van der Waals surface area contributed by atoms with E-state index in [9.17, 15) is 9.18 Å². The minimum Gasteiger partial charge on any atom is -0.494 e. The summed E-state index contributed by atoms with van der Waals surface area (Å²) in [6, 6.07) is 8.27. The number of ether oxygens (including phenoxy) is 3. The molecule has 2 aromatic heterocycles. The lowest BCUT2D eigenvalue weighted by Gasteiger charge is -2.24. The summed E-state index contributed by atoms with van der Waals surface area (Å²) < 4.78 is 47.6. The zero-order chi connectivity index (χ0) is 28.5. The van der Waals surface area contributed by atoms with Gasteiger partial charge in [0.05, 0.1) is 18.4 Å². The number of imidazole rings is 1. The van der Waals surface area contributed by atoms with Crippen LogP contribution in [0.25, 0.3) is 16.8 Å². The molecule has 2 aromatic carbocycles. The molecule has 2 aliphatic rings. The van der Waals surface area contributed by atoms with E-state index in [0.717, 1.165) is 31.2 Å². The first-order valence-electron chi connectivity index (χ1n) is 13.7. The largest absolute Gasteiger partial charge is 0.494 e. The normalized spacial score (nSPS) is 15.6. The van der Waals surface area contributed by atoms with Crippen molar-refractivity contribution < 1.29 is 27.8 Å². The molecule has 0 spiro atoms. The van der Waals surface area contributed by atoms with Gasteiger partial charge < -0.3 is 24.8 Å². The molecule has 214 valence electrons. The predicted molar refractivity (Wildman–Crippen MR) is 149 cm³/mol. The van der Waals surface area contributed by atoms with Gasteiger partial charge in [0, 0.05) is 43.8 Å². The van der Waals surface area contributed by atoms with Crippen LogP contribution in [0.5, 0.6) is 17.4 Å². The van der Waals surface area contributed by atoms with Crippen molar-refractivity contribution in [3.05, 3.63) is 65.5 Å². The molecule has 2 fully saturated rings. The minimum absolute atomic E-state index is 0.0445. The monoisotopic (exact) mass is 563 g/mol. The van der Waals surface area contributed by atoms with Crippen LogP contribution in [0.4, 0.5) is 14.5 Å². The number of benzene rings is 2. The van der Waals surface area contributed by atoms with Crippen LogP contribution in [0.2, 0.25) is 0 Å². The molecule has 3 heterocycles. The Morgan fingerprint density at radius 2 is 1.85 bits per heavy atom. The maximum atomic E-state index is 15.0. The lowest BCUT2D eigenvalue weighted by Crippen LogP contribution is -2.26. The van der Waals surface area contributed by atoms with E-state index in [-0.39, 0.29) is 29.3 Å². The van der Waals surface area contributed by atoms with E-state index < -0.39 is 11.6 Å². The standard InChI is InChI=1S/C30H31F2N5O4/c1-17-15-19(3-6-21(17)29(38)35-20-4-5-20)24-27(34-16-18-9-13-40-14-10-18)28-33-11-12-37(28)36-30(24)41-23-8-7-22(39-2)25(31)26(23)32/h3,6-8,11-12,15,18,20,34H,4-5,9-10,13-14,16H2,1-2H3,(H,35,38). The second-order valence-electron chi connectivity index (χ2n) is 10.5. The van der Waals surface area contributed by atoms with Crippen LogP contribution in [-0.2, 0) is 4.74 Å². The minimum atomic E-state index is -1.19. The first-order chi connectivity index (χ1) is 19.9. The van der Waals surface area contributed by atoms with Gasteiger partial charge in [-0.05, 0) is 67.9 Å². The van der Waals surface area contributed by atoms with Crippen LogP contribution in [0, 0.1) is 24.5 Å². The number of carbonyl (C=O) groups excluding carboxylic acids is 1. The fourth-order valence-corrected chi connectivity index (χ4v) is 5.05. The highest BCUT2D eigenvalue weighted by molar-refractivity contribution is 5.97. The summed E-state index contributed by atoms with van der Waals surface area (Å²) in [5.74, 6) is -2.62. The van der Waals surface area contributed by atoms with Crippen molar-refractivity contribution >= 4 is 17.2 Å². The van der Waals surface area contributed by atoms with Crippen molar-refractivity contribution in [1.29, 1.82) is 0 Å². The summed E-state index contributed by atoms with van der Waals surface area (Å²) in [6.07, 6.45) is 7.09. The van der Waals surface area contributed by atoms with Crippen LogP contribution in [-0.4, -0.2) is 53.4 Å². The Bertz CT molecular complexity index is 1600. The fourth-order valence-electron chi connectivity index (χ4n) is 5.05. The third-order valence-electron chi connectivity index (χ3n) is 7.53. The Labute approximate surface area is 235 Å². The van der Waals surface area contributed by atoms with E-state index in [4.69, 9.17) is 14.2 Å². The molecular formula is C30H31F2N5O4. The Morgan fingerprint density at radius 3 is 2.59 bits per heavy atom. The molecule has 1 aliphatic heterocycles. The zero-order valence-corrected chi connectivity index (χ0v) is 22.9. The SMILES string of the molecule is COc1ccc(Oc2nn3ccnc3c(NCC3CCOCC3)c2-c2ccc(C(=O)NC3CC3)c(C)c2)c(F)c1F. The van der Waals surface area contributed by atoms with Gasteiger partial charge in [0.15, 0.2) is 17.1 Å². The summed E-state index contributed by atoms with van der Waals surface area (Å²) in [6.45, 7) is 3.92. The number of hydrogen-bond acceptors (Lipinski definition) is 7. The average Bonchev–Trinajstić information content (AvgIpc) is 3.67. The number of methoxy groups -OCH3 is 1. The second-order valence-corrected chi connectivity index (χ2v) is 10.5. The fraction of sp³-hybridized carbons (Fsp3) is 0.367. The number of nitrogens with one attached hydrogen (secondary N) is 2. The van der Waals surface area contributed by atoms with Crippen LogP contribution in [0.15, 0.2) is 42.7 Å². The van der Waals surface area contributed by atoms with Gasteiger partial charge in [-0.25, -0.2) is 9.50 Å². The Hall–Kier alpha value is -4.25. The summed E-state index contributed by atoms with van der Waals surface area (Å²) in [4.78, 5) is 17.3. The van der Waals surface area contributed by atoms with E-state index in [2.05, 4.69) is 20.7 Å². The molecule has 11 heteroatoms. The smallest absolute Gasteiger partial charge is 0.251 e. The molecule has 1 saturated carbocycles. The van der Waals surface area contributed by atoms with Gasteiger partial charge in [0.2, 0.25) is 17.5 Å². The van der Waals surface area contributed by atoms with Gasteiger partial charge in [0.1, 0.15) is 0 Å². The topological polar surface area (TPSA) is 99.0 Å². The van der Waals surface area contributed by atoms with Crippen LogP contribution < -0.4 is 20.1 Å². The highest BCUT2D eigenvalue weighted by Gasteiger charge is 2.27. The molecule has 41 heavy (non-hydrogen) atoms. The summed E-state index contributed by atoms with van der Waals surface area (Å²) in [7, 11) is 1.26. The van der Waals surface area contributed by atoms with E-state index in [1.54, 1.807) is 18.5 Å². The Morgan fingerprint density at radius 1 is 1.10 bits per heavy atom. The summed E-state index contributed by atoms with van der Waals surface area (Å²) in [5.41, 5.74) is 3.71. The maximum absolute atomic E-state index is 15.0. The number of carbonyl (C=O) groups is 1. The van der Waals surface area contributed by atoms with E-state index in [1.165, 1.54) is 23.8 Å². The molecule has 1 amide bonds. The molecule has 0 unspecified atom stereocenters. The van der Waals surface area contributed by atoms with Crippen molar-refractivity contribution in [2.45, 2.75) is 38.6 Å². The molecule has 1 saturated heterocycles. The van der Waals surface area contributed by atoms with Gasteiger partial charge in [-0.1, -0.05) is 12.1 Å². The average molecular weight is 564 g/mol. The number of anilines is 1. The number of hydrogen-bond donors (Lipinski definition) is 2. The molecule has 0 atom stereocenters. The highest BCUT2D eigenvalue weighted by atomic mass is 19.2. The molecular weight excluding hydrogens is 532 g/mol. The summed E-state index contributed by atoms with van der Waals surface area (Å²) >= 11 is 0. The predicted octanol–water partition coefficient (Wildman–Crippen LogP) is 5.51. The first-order valence-corrected chi connectivity index (χ1v) is 13.7. The van der Waals surface area contributed by atoms with Crippen molar-refractivity contribution in [3.63, 3.8) is 0 Å². The lowest BCUT2D eigenvalue weighted by atomic mass is 9.97. The zero-order valence-electron chi connectivity index (χ0n) is 22.9. The highest BCUT2D eigenvalue weighted by Crippen LogP contribution is 2.42. The van der Waals surface area contributed by atoms with Crippen LogP contribution >= 0.6 is 0 Å². The number of rotatable bonds is 9. The molecule has 2 N–H and O–H groups in total. The number of aromatic nitrogens is 3. The lowest BCUT2D eigenvalue weighted by molar-refractivity contribution is 0.0699. The van der Waals surface area contributed by atoms with Crippen molar-refractivity contribution in [3.8, 4) is 28.5 Å². The van der Waals surface area contributed by atoms with E-state index in [0.29, 0.717) is 53.7 Å². The molecule has 0 bridgehead atoms. The number of fused-ring (bicyclic) bond motifs is 1.